The fourth-order valence-electron chi connectivity index (χ4n) is 4.66. The predicted molar refractivity (Wildman–Crippen MR) is 109 cm³/mol. The highest BCUT2D eigenvalue weighted by Crippen LogP contribution is 2.79. The molecule has 1 nitrogen and oxygen atoms in total. The molecule has 124 valence electrons. The predicted octanol–water partition coefficient (Wildman–Crippen LogP) is 6.24. The number of carbonyl (C=O) groups is 1. The van der Waals surface area contributed by atoms with Gasteiger partial charge < -0.3 is 0 Å². The van der Waals surface area contributed by atoms with Crippen LogP contribution in [0.2, 0.25) is 0 Å². The lowest BCUT2D eigenvalue weighted by Gasteiger charge is -2.25. The molecule has 1 saturated carbocycles. The topological polar surface area (TPSA) is 17.1 Å². The van der Waals surface area contributed by atoms with Crippen LogP contribution >= 0.6 is 31.9 Å². The number of aryl methyl sites for hydroxylation is 1. The number of hydrogen-bond acceptors (Lipinski definition) is 1. The Balaban J connectivity index is 1.68. The van der Waals surface area contributed by atoms with Gasteiger partial charge in [0.25, 0.3) is 0 Å². The van der Waals surface area contributed by atoms with Crippen LogP contribution in [-0.2, 0) is 6.42 Å². The average Bonchev–Trinajstić information content (AvgIpc) is 3.13. The lowest BCUT2D eigenvalue weighted by Crippen LogP contribution is -2.28. The molecule has 0 amide bonds. The molecule has 3 aromatic carbocycles. The van der Waals surface area contributed by atoms with Gasteiger partial charge in [-0.3, -0.25) is 4.79 Å². The fourth-order valence-corrected chi connectivity index (χ4v) is 6.92. The molecule has 0 radical (unpaired) electrons. The minimum Gasteiger partial charge on any atom is -0.293 e. The molecule has 1 fully saturated rings. The third-order valence-electron chi connectivity index (χ3n) is 5.96. The fraction of sp³-hybridized carbons (Fsp3) is 0.227. The Hall–Kier alpha value is -1.45. The van der Waals surface area contributed by atoms with E-state index >= 15 is 0 Å². The third kappa shape index (κ3) is 1.97. The van der Waals surface area contributed by atoms with Gasteiger partial charge in [0.2, 0.25) is 0 Å². The number of alkyl halides is 2. The van der Waals surface area contributed by atoms with Crippen molar-refractivity contribution in [1.82, 2.24) is 0 Å². The zero-order valence-corrected chi connectivity index (χ0v) is 16.7. The Morgan fingerprint density at radius 1 is 0.880 bits per heavy atom. The summed E-state index contributed by atoms with van der Waals surface area (Å²) >= 11 is 7.76. The zero-order chi connectivity index (χ0) is 17.2. The Morgan fingerprint density at radius 2 is 1.60 bits per heavy atom. The van der Waals surface area contributed by atoms with E-state index in [0.29, 0.717) is 0 Å². The number of halogens is 2. The van der Waals surface area contributed by atoms with E-state index in [1.54, 1.807) is 0 Å². The number of rotatable bonds is 1. The van der Waals surface area contributed by atoms with Crippen molar-refractivity contribution in [3.63, 3.8) is 0 Å². The molecule has 5 rings (SSSR count). The van der Waals surface area contributed by atoms with Crippen LogP contribution in [0.5, 0.6) is 0 Å². The molecule has 0 aromatic heterocycles. The van der Waals surface area contributed by atoms with Crippen molar-refractivity contribution in [2.75, 3.05) is 0 Å². The van der Waals surface area contributed by atoms with Gasteiger partial charge in [-0.25, -0.2) is 0 Å². The Morgan fingerprint density at radius 3 is 2.48 bits per heavy atom. The van der Waals surface area contributed by atoms with Crippen LogP contribution < -0.4 is 0 Å². The Labute approximate surface area is 163 Å². The van der Waals surface area contributed by atoms with Crippen LogP contribution in [0.4, 0.5) is 0 Å². The summed E-state index contributed by atoms with van der Waals surface area (Å²) in [6, 6.07) is 22.9. The van der Waals surface area contributed by atoms with E-state index in [1.807, 2.05) is 18.2 Å². The monoisotopic (exact) mass is 454 g/mol. The molecule has 0 saturated heterocycles. The second-order valence-electron chi connectivity index (χ2n) is 7.08. The molecule has 0 N–H and O–H groups in total. The van der Waals surface area contributed by atoms with Crippen LogP contribution in [-0.4, -0.2) is 9.02 Å². The first-order chi connectivity index (χ1) is 12.1. The minimum atomic E-state index is -0.411. The van der Waals surface area contributed by atoms with Crippen LogP contribution in [0.1, 0.15) is 33.8 Å². The molecule has 0 aliphatic heterocycles. The van der Waals surface area contributed by atoms with E-state index < -0.39 is 5.41 Å². The van der Waals surface area contributed by atoms with E-state index in [-0.39, 0.29) is 14.9 Å². The van der Waals surface area contributed by atoms with Gasteiger partial charge in [0.15, 0.2) is 5.78 Å². The third-order valence-corrected chi connectivity index (χ3v) is 8.29. The van der Waals surface area contributed by atoms with Crippen molar-refractivity contribution in [2.45, 2.75) is 22.0 Å². The number of ketones is 1. The van der Waals surface area contributed by atoms with Crippen LogP contribution in [0.3, 0.4) is 0 Å². The maximum absolute atomic E-state index is 13.5. The highest BCUT2D eigenvalue weighted by Gasteiger charge is 2.79. The minimum absolute atomic E-state index is 0.131. The molecule has 25 heavy (non-hydrogen) atoms. The standard InChI is InChI=1S/C22H16Br2O/c23-22(24)19(18-11-5-8-14-6-1-3-9-16(14)18)21(22)13-12-15-7-2-4-10-17(15)20(21)25/h1-11,19H,12-13H2/t19-,21+/m1/s1. The average molecular weight is 456 g/mol. The highest BCUT2D eigenvalue weighted by atomic mass is 79.9. The van der Waals surface area contributed by atoms with Gasteiger partial charge in [0.1, 0.15) is 3.23 Å². The second kappa shape index (κ2) is 5.28. The van der Waals surface area contributed by atoms with Crippen LogP contribution in [0.15, 0.2) is 66.7 Å². The molecule has 2 aliphatic rings. The van der Waals surface area contributed by atoms with Gasteiger partial charge in [0, 0.05) is 11.5 Å². The largest absolute Gasteiger partial charge is 0.293 e. The molecule has 0 bridgehead atoms. The van der Waals surface area contributed by atoms with Gasteiger partial charge in [-0.05, 0) is 34.7 Å². The SMILES string of the molecule is O=C1c2ccccc2CC[C@]12[C@@H](c1cccc3ccccc13)C2(Br)Br. The summed E-state index contributed by atoms with van der Waals surface area (Å²) in [6.45, 7) is 0. The van der Waals surface area contributed by atoms with Gasteiger partial charge in [-0.15, -0.1) is 0 Å². The maximum Gasteiger partial charge on any atom is 0.172 e. The van der Waals surface area contributed by atoms with Gasteiger partial charge >= 0.3 is 0 Å². The van der Waals surface area contributed by atoms with Gasteiger partial charge in [-0.2, -0.15) is 0 Å². The first kappa shape index (κ1) is 15.8. The summed E-state index contributed by atoms with van der Waals surface area (Å²) in [5.74, 6) is 0.396. The van der Waals surface area contributed by atoms with E-state index in [0.717, 1.165) is 18.4 Å². The van der Waals surface area contributed by atoms with E-state index in [9.17, 15) is 4.79 Å². The lowest BCUT2D eigenvalue weighted by atomic mass is 9.77. The number of carbonyl (C=O) groups excluding carboxylic acids is 1. The van der Waals surface area contributed by atoms with Crippen molar-refractivity contribution < 1.29 is 4.79 Å². The quantitative estimate of drug-likeness (QED) is 0.397. The highest BCUT2D eigenvalue weighted by molar-refractivity contribution is 9.25. The Kier molecular flexibility index (Phi) is 3.33. The van der Waals surface area contributed by atoms with Crippen molar-refractivity contribution >= 4 is 48.4 Å². The summed E-state index contributed by atoms with van der Waals surface area (Å²) in [5.41, 5.74) is 2.91. The summed E-state index contributed by atoms with van der Waals surface area (Å²) in [4.78, 5) is 13.5. The van der Waals surface area contributed by atoms with E-state index in [4.69, 9.17) is 0 Å². The number of benzene rings is 3. The van der Waals surface area contributed by atoms with Crippen molar-refractivity contribution in [3.8, 4) is 0 Å². The lowest BCUT2D eigenvalue weighted by molar-refractivity contribution is 0.0875. The van der Waals surface area contributed by atoms with Gasteiger partial charge in [0.05, 0.1) is 5.41 Å². The summed E-state index contributed by atoms with van der Waals surface area (Å²) in [7, 11) is 0. The number of fused-ring (bicyclic) bond motifs is 2. The van der Waals surface area contributed by atoms with Crippen molar-refractivity contribution in [2.24, 2.45) is 5.41 Å². The van der Waals surface area contributed by atoms with Gasteiger partial charge in [-0.1, -0.05) is 98.6 Å². The molecular weight excluding hydrogens is 440 g/mol. The molecule has 1 spiro atoms. The zero-order valence-electron chi connectivity index (χ0n) is 13.5. The van der Waals surface area contributed by atoms with Crippen molar-refractivity contribution in [3.05, 3.63) is 83.4 Å². The maximum atomic E-state index is 13.5. The smallest absolute Gasteiger partial charge is 0.172 e. The summed E-state index contributed by atoms with van der Waals surface area (Å²) in [6.07, 6.45) is 1.81. The van der Waals surface area contributed by atoms with Crippen LogP contribution in [0.25, 0.3) is 10.8 Å². The molecule has 2 aliphatic carbocycles. The first-order valence-electron chi connectivity index (χ1n) is 8.55. The van der Waals surface area contributed by atoms with E-state index in [1.165, 1.54) is 21.9 Å². The van der Waals surface area contributed by atoms with Crippen LogP contribution in [0, 0.1) is 5.41 Å². The molecule has 3 aromatic rings. The molecule has 3 heteroatoms. The summed E-state index contributed by atoms with van der Waals surface area (Å²) < 4.78 is -0.373. The molecule has 0 heterocycles. The van der Waals surface area contributed by atoms with Crippen molar-refractivity contribution in [1.29, 1.82) is 0 Å². The number of hydrogen-bond donors (Lipinski definition) is 0. The summed E-state index contributed by atoms with van der Waals surface area (Å²) in [5, 5.41) is 2.46. The molecular formula is C22H16Br2O. The first-order valence-corrected chi connectivity index (χ1v) is 10.1. The number of Topliss-reactive ketones (excluding diaryl/α,β-unsaturated/α-hetero) is 1. The molecule has 0 unspecified atom stereocenters. The second-order valence-corrected chi connectivity index (χ2v) is 10.6. The normalized spacial score (nSPS) is 26.6. The molecule has 2 atom stereocenters. The van der Waals surface area contributed by atoms with E-state index in [2.05, 4.69) is 80.4 Å². The Bertz CT molecular complexity index is 1020.